The molecule has 4 fully saturated rings. The van der Waals surface area contributed by atoms with Crippen LogP contribution in [0.2, 0.25) is 10.0 Å². The normalized spacial score (nSPS) is 30.6. The fraction of sp³-hybridized carbons (Fsp3) is 0.462. The van der Waals surface area contributed by atoms with Crippen LogP contribution in [-0.4, -0.2) is 16.2 Å². The van der Waals surface area contributed by atoms with E-state index in [9.17, 15) is 9.59 Å². The van der Waals surface area contributed by atoms with Crippen molar-refractivity contribution in [3.05, 3.63) is 64.1 Å². The fourth-order valence-electron chi connectivity index (χ4n) is 6.76. The first kappa shape index (κ1) is 23.2. The first-order chi connectivity index (χ1) is 15.7. The van der Waals surface area contributed by atoms with E-state index in [0.717, 1.165) is 19.3 Å². The summed E-state index contributed by atoms with van der Waals surface area (Å²) in [4.78, 5) is 26.4. The quantitative estimate of drug-likeness (QED) is 0.302. The molecule has 4 nitrogen and oxygen atoms in total. The lowest BCUT2D eigenvalue weighted by Crippen LogP contribution is -2.53. The molecule has 1 N–H and O–H groups in total. The molecule has 33 heavy (non-hydrogen) atoms. The summed E-state index contributed by atoms with van der Waals surface area (Å²) in [5, 5.41) is 3.63. The van der Waals surface area contributed by atoms with Crippen molar-refractivity contribution in [3.63, 3.8) is 0 Å². The van der Waals surface area contributed by atoms with Crippen molar-refractivity contribution in [2.45, 2.75) is 55.4 Å². The number of esters is 1. The van der Waals surface area contributed by atoms with E-state index in [1.165, 1.54) is 19.3 Å². The van der Waals surface area contributed by atoms with Crippen molar-refractivity contribution >= 4 is 56.7 Å². The van der Waals surface area contributed by atoms with Gasteiger partial charge in [-0.25, -0.2) is 0 Å². The monoisotopic (exact) mass is 549 g/mol. The highest BCUT2D eigenvalue weighted by Gasteiger charge is 2.57. The van der Waals surface area contributed by atoms with Gasteiger partial charge in [-0.15, -0.1) is 0 Å². The zero-order valence-electron chi connectivity index (χ0n) is 18.2. The van der Waals surface area contributed by atoms with E-state index in [4.69, 9.17) is 27.9 Å². The topological polar surface area (TPSA) is 55.4 Å². The molecule has 4 aliphatic carbocycles. The number of amides is 1. The fourth-order valence-corrected chi connectivity index (χ4v) is 8.79. The van der Waals surface area contributed by atoms with E-state index >= 15 is 0 Å². The second kappa shape index (κ2) is 8.90. The molecule has 0 aliphatic heterocycles. The maximum absolute atomic E-state index is 13.2. The number of carbonyl (C=O) groups is 2. The number of alkyl halides is 1. The molecular formula is C26H26BrCl2NO3. The van der Waals surface area contributed by atoms with Crippen molar-refractivity contribution in [1.29, 1.82) is 0 Å². The van der Waals surface area contributed by atoms with E-state index < -0.39 is 12.0 Å². The third-order valence-corrected chi connectivity index (χ3v) is 8.71. The summed E-state index contributed by atoms with van der Waals surface area (Å²) in [7, 11) is 0. The van der Waals surface area contributed by atoms with Crippen LogP contribution < -0.4 is 5.32 Å². The molecule has 0 unspecified atom stereocenters. The van der Waals surface area contributed by atoms with Crippen LogP contribution in [0.4, 0.5) is 5.69 Å². The largest absolute Gasteiger partial charge is 0.447 e. The zero-order valence-corrected chi connectivity index (χ0v) is 21.3. The molecule has 2 aromatic carbocycles. The van der Waals surface area contributed by atoms with Gasteiger partial charge in [-0.1, -0.05) is 69.5 Å². The van der Waals surface area contributed by atoms with Crippen molar-refractivity contribution in [1.82, 2.24) is 0 Å². The standard InChI is InChI=1S/C26H26BrCl2NO3/c27-26-12-16-6-17(13-26)11-25(10-16,15-26)14-22(31)33-23(18-4-2-1-3-5-18)24(32)30-21-8-19(28)7-20(29)9-21/h1-5,7-9,16-17,23H,6,10-15H2,(H,30,32)/t16-,17-,23-,25?,26?/m1/s1. The highest BCUT2D eigenvalue weighted by atomic mass is 79.9. The average Bonchev–Trinajstić information content (AvgIpc) is 2.69. The smallest absolute Gasteiger partial charge is 0.307 e. The average molecular weight is 551 g/mol. The first-order valence-corrected chi connectivity index (χ1v) is 13.0. The minimum atomic E-state index is -1.05. The molecule has 0 spiro atoms. The number of rotatable bonds is 6. The Bertz CT molecular complexity index is 1040. The number of carbonyl (C=O) groups excluding carboxylic acids is 2. The Labute approximate surface area is 212 Å². The van der Waals surface area contributed by atoms with Crippen LogP contribution in [0.15, 0.2) is 48.5 Å². The van der Waals surface area contributed by atoms with Crippen LogP contribution in [0.1, 0.15) is 56.6 Å². The molecule has 2 aromatic rings. The lowest BCUT2D eigenvalue weighted by molar-refractivity contribution is -0.160. The van der Waals surface area contributed by atoms with E-state index in [1.807, 2.05) is 18.2 Å². The third-order valence-electron chi connectivity index (χ3n) is 7.35. The van der Waals surface area contributed by atoms with E-state index in [2.05, 4.69) is 21.2 Å². The summed E-state index contributed by atoms with van der Waals surface area (Å²) in [6.45, 7) is 0. The van der Waals surface area contributed by atoms with E-state index in [1.54, 1.807) is 30.3 Å². The molecular weight excluding hydrogens is 525 g/mol. The Balaban J connectivity index is 1.33. The van der Waals surface area contributed by atoms with Gasteiger partial charge in [0.25, 0.3) is 5.91 Å². The van der Waals surface area contributed by atoms with Gasteiger partial charge in [0.1, 0.15) is 0 Å². The Hall–Kier alpha value is -1.56. The molecule has 4 aliphatic rings. The molecule has 0 saturated heterocycles. The minimum Gasteiger partial charge on any atom is -0.447 e. The SMILES string of the molecule is O=C(CC12C[C@H]3C[C@@H](CC(Br)(C3)C1)C2)O[C@@H](C(=O)Nc1cc(Cl)cc(Cl)c1)c1ccccc1. The lowest BCUT2D eigenvalue weighted by atomic mass is 9.49. The molecule has 0 aromatic heterocycles. The van der Waals surface area contributed by atoms with Gasteiger partial charge in [0.15, 0.2) is 0 Å². The molecule has 7 heteroatoms. The number of halogens is 3. The molecule has 6 rings (SSSR count). The summed E-state index contributed by atoms with van der Waals surface area (Å²) in [5.74, 6) is 0.606. The summed E-state index contributed by atoms with van der Waals surface area (Å²) in [6.07, 6.45) is 6.15. The zero-order chi connectivity index (χ0) is 23.2. The number of hydrogen-bond donors (Lipinski definition) is 1. The van der Waals surface area contributed by atoms with Crippen LogP contribution in [0.3, 0.4) is 0 Å². The maximum Gasteiger partial charge on any atom is 0.307 e. The molecule has 4 saturated carbocycles. The van der Waals surface area contributed by atoms with E-state index in [-0.39, 0.29) is 15.7 Å². The second-order valence-corrected chi connectivity index (χ2v) is 12.8. The Morgan fingerprint density at radius 3 is 2.27 bits per heavy atom. The number of ether oxygens (including phenoxy) is 1. The molecule has 1 amide bonds. The van der Waals surface area contributed by atoms with Crippen molar-refractivity contribution in [2.75, 3.05) is 5.32 Å². The van der Waals surface area contributed by atoms with Gasteiger partial charge < -0.3 is 10.1 Å². The van der Waals surface area contributed by atoms with Gasteiger partial charge in [-0.3, -0.25) is 9.59 Å². The predicted octanol–water partition coefficient (Wildman–Crippen LogP) is 7.34. The van der Waals surface area contributed by atoms with Gasteiger partial charge in [-0.05, 0) is 74.0 Å². The number of nitrogens with one attached hydrogen (secondary N) is 1. The predicted molar refractivity (Wildman–Crippen MR) is 134 cm³/mol. The Kier molecular flexibility index (Phi) is 6.26. The van der Waals surface area contributed by atoms with Gasteiger partial charge in [-0.2, -0.15) is 0 Å². The van der Waals surface area contributed by atoms with Crippen LogP contribution in [0.5, 0.6) is 0 Å². The van der Waals surface area contributed by atoms with Crippen LogP contribution in [-0.2, 0) is 14.3 Å². The van der Waals surface area contributed by atoms with Crippen molar-refractivity contribution < 1.29 is 14.3 Å². The highest BCUT2D eigenvalue weighted by Crippen LogP contribution is 2.65. The summed E-state index contributed by atoms with van der Waals surface area (Å²) in [6, 6.07) is 13.9. The maximum atomic E-state index is 13.2. The van der Waals surface area contributed by atoms with Crippen molar-refractivity contribution in [3.8, 4) is 0 Å². The molecule has 4 bridgehead atoms. The first-order valence-electron chi connectivity index (χ1n) is 11.4. The Morgan fingerprint density at radius 2 is 1.67 bits per heavy atom. The van der Waals surface area contributed by atoms with Crippen LogP contribution in [0, 0.1) is 17.3 Å². The van der Waals surface area contributed by atoms with Gasteiger partial charge in [0.2, 0.25) is 6.10 Å². The number of anilines is 1. The highest BCUT2D eigenvalue weighted by molar-refractivity contribution is 9.10. The van der Waals surface area contributed by atoms with Crippen LogP contribution in [0.25, 0.3) is 0 Å². The summed E-state index contributed by atoms with van der Waals surface area (Å²) < 4.78 is 6.04. The summed E-state index contributed by atoms with van der Waals surface area (Å²) in [5.41, 5.74) is 1.05. The lowest BCUT2D eigenvalue weighted by Gasteiger charge is -2.60. The number of hydrogen-bond acceptors (Lipinski definition) is 3. The summed E-state index contributed by atoms with van der Waals surface area (Å²) >= 11 is 16.2. The van der Waals surface area contributed by atoms with Crippen LogP contribution >= 0.6 is 39.1 Å². The van der Waals surface area contributed by atoms with Gasteiger partial charge >= 0.3 is 5.97 Å². The molecule has 0 heterocycles. The third kappa shape index (κ3) is 5.11. The molecule has 3 atom stereocenters. The second-order valence-electron chi connectivity index (χ2n) is 10.2. The molecule has 174 valence electrons. The van der Waals surface area contributed by atoms with E-state index in [0.29, 0.717) is 39.6 Å². The molecule has 0 radical (unpaired) electrons. The number of benzene rings is 2. The van der Waals surface area contributed by atoms with Crippen molar-refractivity contribution in [2.24, 2.45) is 17.3 Å². The Morgan fingerprint density at radius 1 is 1.03 bits per heavy atom. The van der Waals surface area contributed by atoms with Gasteiger partial charge in [0, 0.05) is 25.6 Å². The van der Waals surface area contributed by atoms with Gasteiger partial charge in [0.05, 0.1) is 6.42 Å². The minimum absolute atomic E-state index is 0.0249.